The topological polar surface area (TPSA) is 48.1 Å². The van der Waals surface area contributed by atoms with Gasteiger partial charge >= 0.3 is 0 Å². The summed E-state index contributed by atoms with van der Waals surface area (Å²) in [6.45, 7) is 2.00. The third-order valence-corrected chi connectivity index (χ3v) is 2.46. The molecule has 2 N–H and O–H groups in total. The lowest BCUT2D eigenvalue weighted by Gasteiger charge is -2.06. The second kappa shape index (κ2) is 4.23. The highest BCUT2D eigenvalue weighted by Gasteiger charge is 2.03. The SMILES string of the molecule is COc1ccc(-c2ncc(N)cc2C)cc1. The van der Waals surface area contributed by atoms with Gasteiger partial charge < -0.3 is 10.5 Å². The van der Waals surface area contributed by atoms with Crippen molar-refractivity contribution in [3.05, 3.63) is 42.1 Å². The molecule has 0 bridgehead atoms. The first-order valence-corrected chi connectivity index (χ1v) is 5.07. The first kappa shape index (κ1) is 10.5. The minimum Gasteiger partial charge on any atom is -0.497 e. The molecule has 0 saturated carbocycles. The molecule has 0 amide bonds. The molecular weight excluding hydrogens is 200 g/mol. The van der Waals surface area contributed by atoms with Gasteiger partial charge in [-0.15, -0.1) is 0 Å². The fraction of sp³-hybridized carbons (Fsp3) is 0.154. The summed E-state index contributed by atoms with van der Waals surface area (Å²) in [6, 6.07) is 9.75. The Morgan fingerprint density at radius 3 is 2.44 bits per heavy atom. The largest absolute Gasteiger partial charge is 0.497 e. The Morgan fingerprint density at radius 2 is 1.88 bits per heavy atom. The van der Waals surface area contributed by atoms with E-state index in [2.05, 4.69) is 4.98 Å². The molecule has 82 valence electrons. The number of rotatable bonds is 2. The number of ether oxygens (including phenoxy) is 1. The van der Waals surface area contributed by atoms with Gasteiger partial charge in [-0.3, -0.25) is 4.98 Å². The molecule has 2 aromatic rings. The maximum absolute atomic E-state index is 5.67. The van der Waals surface area contributed by atoms with Gasteiger partial charge in [-0.2, -0.15) is 0 Å². The van der Waals surface area contributed by atoms with Crippen molar-refractivity contribution in [3.63, 3.8) is 0 Å². The molecule has 1 heterocycles. The predicted octanol–water partition coefficient (Wildman–Crippen LogP) is 2.65. The van der Waals surface area contributed by atoms with Crippen LogP contribution in [0, 0.1) is 6.92 Å². The van der Waals surface area contributed by atoms with E-state index in [9.17, 15) is 0 Å². The zero-order valence-corrected chi connectivity index (χ0v) is 9.40. The summed E-state index contributed by atoms with van der Waals surface area (Å²) >= 11 is 0. The van der Waals surface area contributed by atoms with E-state index < -0.39 is 0 Å². The van der Waals surface area contributed by atoms with Crippen LogP contribution in [0.15, 0.2) is 36.5 Å². The van der Waals surface area contributed by atoms with Gasteiger partial charge in [0.05, 0.1) is 24.7 Å². The number of methoxy groups -OCH3 is 1. The zero-order valence-electron chi connectivity index (χ0n) is 9.40. The summed E-state index contributed by atoms with van der Waals surface area (Å²) in [6.07, 6.45) is 1.67. The van der Waals surface area contributed by atoms with Crippen LogP contribution in [0.25, 0.3) is 11.3 Å². The Morgan fingerprint density at radius 1 is 1.19 bits per heavy atom. The van der Waals surface area contributed by atoms with Crippen molar-refractivity contribution >= 4 is 5.69 Å². The molecule has 0 radical (unpaired) electrons. The van der Waals surface area contributed by atoms with Gasteiger partial charge in [-0.05, 0) is 42.8 Å². The van der Waals surface area contributed by atoms with Crippen LogP contribution >= 0.6 is 0 Å². The lowest BCUT2D eigenvalue weighted by atomic mass is 10.1. The summed E-state index contributed by atoms with van der Waals surface area (Å²) in [5, 5.41) is 0. The lowest BCUT2D eigenvalue weighted by molar-refractivity contribution is 0.415. The fourth-order valence-corrected chi connectivity index (χ4v) is 1.65. The van der Waals surface area contributed by atoms with Crippen molar-refractivity contribution in [2.24, 2.45) is 0 Å². The van der Waals surface area contributed by atoms with E-state index in [0.717, 1.165) is 22.6 Å². The smallest absolute Gasteiger partial charge is 0.118 e. The molecule has 3 heteroatoms. The molecule has 1 aromatic heterocycles. The highest BCUT2D eigenvalue weighted by Crippen LogP contribution is 2.24. The standard InChI is InChI=1S/C13H14N2O/c1-9-7-11(14)8-15-13(9)10-3-5-12(16-2)6-4-10/h3-8H,14H2,1-2H3. The van der Waals surface area contributed by atoms with Crippen LogP contribution in [0.2, 0.25) is 0 Å². The number of pyridine rings is 1. The van der Waals surface area contributed by atoms with Crippen LogP contribution in [0.5, 0.6) is 5.75 Å². The first-order chi connectivity index (χ1) is 7.70. The number of hydrogen-bond acceptors (Lipinski definition) is 3. The number of nitrogen functional groups attached to an aromatic ring is 1. The van der Waals surface area contributed by atoms with E-state index in [1.165, 1.54) is 0 Å². The first-order valence-electron chi connectivity index (χ1n) is 5.07. The van der Waals surface area contributed by atoms with Crippen molar-refractivity contribution < 1.29 is 4.74 Å². The normalized spacial score (nSPS) is 10.1. The Bertz CT molecular complexity index is 492. The fourth-order valence-electron chi connectivity index (χ4n) is 1.65. The third kappa shape index (κ3) is 1.98. The van der Waals surface area contributed by atoms with Crippen molar-refractivity contribution in [1.82, 2.24) is 4.98 Å². The number of nitrogens with two attached hydrogens (primary N) is 1. The zero-order chi connectivity index (χ0) is 11.5. The Kier molecular flexibility index (Phi) is 2.77. The van der Waals surface area contributed by atoms with E-state index in [0.29, 0.717) is 5.69 Å². The van der Waals surface area contributed by atoms with Gasteiger partial charge in [-0.25, -0.2) is 0 Å². The van der Waals surface area contributed by atoms with Crippen molar-refractivity contribution in [2.75, 3.05) is 12.8 Å². The lowest BCUT2D eigenvalue weighted by Crippen LogP contribution is -1.92. The molecule has 1 aromatic carbocycles. The highest BCUT2D eigenvalue weighted by molar-refractivity contribution is 5.65. The molecule has 0 atom stereocenters. The van der Waals surface area contributed by atoms with Gasteiger partial charge in [0.1, 0.15) is 5.75 Å². The van der Waals surface area contributed by atoms with Crippen LogP contribution in [0.1, 0.15) is 5.56 Å². The van der Waals surface area contributed by atoms with Gasteiger partial charge in [0.2, 0.25) is 0 Å². The Labute approximate surface area is 94.9 Å². The molecule has 0 fully saturated rings. The van der Waals surface area contributed by atoms with E-state index in [1.54, 1.807) is 13.3 Å². The second-order valence-electron chi connectivity index (χ2n) is 3.66. The van der Waals surface area contributed by atoms with Crippen molar-refractivity contribution in [2.45, 2.75) is 6.92 Å². The van der Waals surface area contributed by atoms with Gasteiger partial charge in [0.25, 0.3) is 0 Å². The molecule has 0 aliphatic heterocycles. The number of nitrogens with zero attached hydrogens (tertiary/aromatic N) is 1. The highest BCUT2D eigenvalue weighted by atomic mass is 16.5. The molecule has 16 heavy (non-hydrogen) atoms. The average Bonchev–Trinajstić information content (AvgIpc) is 2.29. The van der Waals surface area contributed by atoms with Crippen LogP contribution < -0.4 is 10.5 Å². The van der Waals surface area contributed by atoms with Crippen molar-refractivity contribution in [1.29, 1.82) is 0 Å². The number of aromatic nitrogens is 1. The van der Waals surface area contributed by atoms with E-state index in [4.69, 9.17) is 10.5 Å². The van der Waals surface area contributed by atoms with Gasteiger partial charge in [0.15, 0.2) is 0 Å². The number of aryl methyl sites for hydroxylation is 1. The Hall–Kier alpha value is -2.03. The van der Waals surface area contributed by atoms with E-state index in [-0.39, 0.29) is 0 Å². The van der Waals surface area contributed by atoms with Crippen molar-refractivity contribution in [3.8, 4) is 17.0 Å². The summed E-state index contributed by atoms with van der Waals surface area (Å²) in [7, 11) is 1.65. The van der Waals surface area contributed by atoms with E-state index in [1.807, 2.05) is 37.3 Å². The molecular formula is C13H14N2O. The molecule has 0 spiro atoms. The number of hydrogen-bond donors (Lipinski definition) is 1. The van der Waals surface area contributed by atoms with E-state index >= 15 is 0 Å². The van der Waals surface area contributed by atoms with Crippen LogP contribution in [0.3, 0.4) is 0 Å². The minimum absolute atomic E-state index is 0.690. The molecule has 0 aliphatic rings. The van der Waals surface area contributed by atoms with Crippen LogP contribution in [-0.2, 0) is 0 Å². The van der Waals surface area contributed by atoms with Gasteiger partial charge in [0, 0.05) is 5.56 Å². The van der Waals surface area contributed by atoms with Crippen LogP contribution in [0.4, 0.5) is 5.69 Å². The molecule has 0 unspecified atom stereocenters. The second-order valence-corrected chi connectivity index (χ2v) is 3.66. The summed E-state index contributed by atoms with van der Waals surface area (Å²) in [5.74, 6) is 0.844. The molecule has 2 rings (SSSR count). The average molecular weight is 214 g/mol. The minimum atomic E-state index is 0.690. The maximum atomic E-state index is 5.67. The molecule has 0 aliphatic carbocycles. The van der Waals surface area contributed by atoms with Crippen LogP contribution in [-0.4, -0.2) is 12.1 Å². The Balaban J connectivity index is 2.42. The molecule has 3 nitrogen and oxygen atoms in total. The summed E-state index contributed by atoms with van der Waals surface area (Å²) in [5.41, 5.74) is 9.46. The maximum Gasteiger partial charge on any atom is 0.118 e. The number of benzene rings is 1. The predicted molar refractivity (Wildman–Crippen MR) is 65.4 cm³/mol. The summed E-state index contributed by atoms with van der Waals surface area (Å²) in [4.78, 5) is 4.34. The van der Waals surface area contributed by atoms with Gasteiger partial charge in [-0.1, -0.05) is 0 Å². The summed E-state index contributed by atoms with van der Waals surface area (Å²) < 4.78 is 5.11. The number of anilines is 1. The quantitative estimate of drug-likeness (QED) is 0.836. The third-order valence-electron chi connectivity index (χ3n) is 2.46. The monoisotopic (exact) mass is 214 g/mol. The molecule has 0 saturated heterocycles.